The maximum Gasteiger partial charge on any atom is 0.494 e. The lowest BCUT2D eigenvalue weighted by Crippen LogP contribution is -2.42. The van der Waals surface area contributed by atoms with Crippen molar-refractivity contribution in [3.63, 3.8) is 0 Å². The first-order valence-corrected chi connectivity index (χ1v) is 15.3. The predicted octanol–water partition coefficient (Wildman–Crippen LogP) is 9.41. The highest BCUT2D eigenvalue weighted by atomic mass is 16.6. The van der Waals surface area contributed by atoms with Gasteiger partial charge in [0.1, 0.15) is 0 Å². The van der Waals surface area contributed by atoms with Crippen LogP contribution in [0.3, 0.4) is 0 Å². The molecule has 0 aromatic heterocycles. The van der Waals surface area contributed by atoms with E-state index in [0.717, 1.165) is 5.46 Å². The van der Waals surface area contributed by atoms with Gasteiger partial charge in [0.25, 0.3) is 0 Å². The fourth-order valence-corrected chi connectivity index (χ4v) is 7.26. The van der Waals surface area contributed by atoms with E-state index >= 15 is 0 Å². The van der Waals surface area contributed by atoms with Gasteiger partial charge in [0.2, 0.25) is 0 Å². The van der Waals surface area contributed by atoms with E-state index in [4.69, 9.17) is 9.31 Å². The summed E-state index contributed by atoms with van der Waals surface area (Å²) in [7, 11) is 1.30. The smallest absolute Gasteiger partial charge is 0.410 e. The number of hydrogen-bond acceptors (Lipinski definition) is 3. The predicted molar refractivity (Wildman–Crippen MR) is 182 cm³/mol. The standard InChI is InChI=1S/C39H40BNO2/c1-37(2,3)43-40(42-8)27-18-20-29-30-23-34-36(24-33(30)39(6,7)32(29)22-27)41(35-16-12-11-15-31(35)38(34,4)5)28-19-17-25-13-9-10-14-26(25)21-28/h9-24H,1-8H3. The summed E-state index contributed by atoms with van der Waals surface area (Å²) in [5, 5.41) is 2.50. The summed E-state index contributed by atoms with van der Waals surface area (Å²) in [6.07, 6.45) is 0. The molecule has 0 radical (unpaired) electrons. The Balaban J connectivity index is 1.43. The van der Waals surface area contributed by atoms with Crippen molar-refractivity contribution in [3.05, 3.63) is 119 Å². The van der Waals surface area contributed by atoms with Crippen molar-refractivity contribution < 1.29 is 9.31 Å². The molecule has 0 N–H and O–H groups in total. The maximum atomic E-state index is 6.29. The Hall–Kier alpha value is -3.86. The lowest BCUT2D eigenvalue weighted by atomic mass is 9.71. The molecule has 0 saturated carbocycles. The maximum absolute atomic E-state index is 6.29. The van der Waals surface area contributed by atoms with E-state index in [1.54, 1.807) is 7.11 Å². The molecule has 1 aliphatic carbocycles. The number of para-hydroxylation sites is 1. The summed E-state index contributed by atoms with van der Waals surface area (Å²) < 4.78 is 12.1. The number of nitrogens with zero attached hydrogens (tertiary/aromatic N) is 1. The normalized spacial score (nSPS) is 16.0. The van der Waals surface area contributed by atoms with E-state index in [1.165, 1.54) is 61.2 Å². The van der Waals surface area contributed by atoms with Crippen molar-refractivity contribution in [2.75, 3.05) is 12.0 Å². The number of benzene rings is 5. The third-order valence-electron chi connectivity index (χ3n) is 9.49. The van der Waals surface area contributed by atoms with Gasteiger partial charge in [-0.15, -0.1) is 0 Å². The van der Waals surface area contributed by atoms with Gasteiger partial charge in [-0.05, 0) is 101 Å². The quantitative estimate of drug-likeness (QED) is 0.203. The van der Waals surface area contributed by atoms with E-state index in [1.807, 2.05) is 0 Å². The highest BCUT2D eigenvalue weighted by Gasteiger charge is 2.43. The summed E-state index contributed by atoms with van der Waals surface area (Å²) in [5.41, 5.74) is 12.0. The molecule has 1 aliphatic heterocycles. The number of fused-ring (bicyclic) bond motifs is 6. The molecular formula is C39H40BNO2. The van der Waals surface area contributed by atoms with Gasteiger partial charge in [-0.3, -0.25) is 0 Å². The Bertz CT molecular complexity index is 1900. The van der Waals surface area contributed by atoms with Crippen LogP contribution in [-0.4, -0.2) is 19.8 Å². The van der Waals surface area contributed by atoms with Crippen molar-refractivity contribution in [1.29, 1.82) is 0 Å². The molecule has 0 spiro atoms. The van der Waals surface area contributed by atoms with E-state index in [-0.39, 0.29) is 16.4 Å². The van der Waals surface area contributed by atoms with Crippen LogP contribution in [-0.2, 0) is 20.1 Å². The van der Waals surface area contributed by atoms with Crippen LogP contribution in [0.15, 0.2) is 97.1 Å². The molecule has 2 aliphatic rings. The van der Waals surface area contributed by atoms with Gasteiger partial charge in [0.15, 0.2) is 0 Å². The molecule has 43 heavy (non-hydrogen) atoms. The molecule has 0 atom stereocenters. The van der Waals surface area contributed by atoms with Crippen molar-refractivity contribution in [2.24, 2.45) is 0 Å². The van der Waals surface area contributed by atoms with Gasteiger partial charge in [0.05, 0.1) is 11.4 Å². The first kappa shape index (κ1) is 27.9. The number of anilines is 3. The molecule has 0 fully saturated rings. The minimum Gasteiger partial charge on any atom is -0.410 e. The third-order valence-corrected chi connectivity index (χ3v) is 9.49. The van der Waals surface area contributed by atoms with Crippen LogP contribution in [0.4, 0.5) is 17.1 Å². The highest BCUT2D eigenvalue weighted by Crippen LogP contribution is 2.57. The number of rotatable bonds is 4. The zero-order valence-electron chi connectivity index (χ0n) is 26.6. The van der Waals surface area contributed by atoms with Gasteiger partial charge in [-0.25, -0.2) is 0 Å². The van der Waals surface area contributed by atoms with Crippen molar-refractivity contribution in [3.8, 4) is 11.1 Å². The minimum absolute atomic E-state index is 0.164. The second-order valence-corrected chi connectivity index (χ2v) is 14.2. The van der Waals surface area contributed by atoms with Crippen LogP contribution in [0.2, 0.25) is 0 Å². The average Bonchev–Trinajstić information content (AvgIpc) is 3.20. The van der Waals surface area contributed by atoms with Crippen LogP contribution >= 0.6 is 0 Å². The summed E-state index contributed by atoms with van der Waals surface area (Å²) >= 11 is 0. The molecule has 216 valence electrons. The second kappa shape index (κ2) is 9.57. The fourth-order valence-electron chi connectivity index (χ4n) is 7.26. The molecule has 0 unspecified atom stereocenters. The first-order valence-electron chi connectivity index (χ1n) is 15.3. The van der Waals surface area contributed by atoms with Crippen LogP contribution in [0, 0.1) is 0 Å². The fraction of sp³-hybridized carbons (Fsp3) is 0.282. The van der Waals surface area contributed by atoms with Gasteiger partial charge in [-0.1, -0.05) is 94.4 Å². The topological polar surface area (TPSA) is 21.7 Å². The molecule has 7 rings (SSSR count). The van der Waals surface area contributed by atoms with Crippen molar-refractivity contribution in [2.45, 2.75) is 64.9 Å². The van der Waals surface area contributed by atoms with Gasteiger partial charge in [-0.2, -0.15) is 0 Å². The summed E-state index contributed by atoms with van der Waals surface area (Å²) in [5.74, 6) is 0. The van der Waals surface area contributed by atoms with Crippen LogP contribution in [0.1, 0.15) is 70.7 Å². The van der Waals surface area contributed by atoms with Crippen LogP contribution in [0.5, 0.6) is 0 Å². The Morgan fingerprint density at radius 2 is 1.28 bits per heavy atom. The first-order chi connectivity index (χ1) is 20.4. The molecular weight excluding hydrogens is 525 g/mol. The molecule has 5 aromatic rings. The van der Waals surface area contributed by atoms with Crippen LogP contribution < -0.4 is 10.4 Å². The molecule has 0 amide bonds. The number of hydrogen-bond donors (Lipinski definition) is 0. The SMILES string of the molecule is COB(OC(C)(C)C)c1ccc2c(c1)C(C)(C)c1cc3c(cc1-2)C(C)(C)c1ccccc1N3c1ccc2ccccc2c1. The molecule has 4 heteroatoms. The summed E-state index contributed by atoms with van der Waals surface area (Å²) in [6, 6.07) is 36.0. The minimum atomic E-state index is -0.421. The summed E-state index contributed by atoms with van der Waals surface area (Å²) in [4.78, 5) is 2.48. The largest absolute Gasteiger partial charge is 0.494 e. The van der Waals surface area contributed by atoms with E-state index < -0.39 is 7.12 Å². The lowest BCUT2D eigenvalue weighted by molar-refractivity contribution is 0.0982. The van der Waals surface area contributed by atoms with Crippen molar-refractivity contribution in [1.82, 2.24) is 0 Å². The second-order valence-electron chi connectivity index (χ2n) is 14.2. The Morgan fingerprint density at radius 3 is 2.02 bits per heavy atom. The molecule has 3 nitrogen and oxygen atoms in total. The van der Waals surface area contributed by atoms with Gasteiger partial charge in [0, 0.05) is 29.2 Å². The lowest BCUT2D eigenvalue weighted by Gasteiger charge is -2.43. The van der Waals surface area contributed by atoms with E-state index in [0.29, 0.717) is 0 Å². The van der Waals surface area contributed by atoms with Gasteiger partial charge < -0.3 is 14.2 Å². The molecule has 1 heterocycles. The Kier molecular flexibility index (Phi) is 6.22. The van der Waals surface area contributed by atoms with E-state index in [9.17, 15) is 0 Å². The Labute approximate surface area is 256 Å². The van der Waals surface area contributed by atoms with Gasteiger partial charge >= 0.3 is 7.12 Å². The molecule has 0 saturated heterocycles. The summed E-state index contributed by atoms with van der Waals surface area (Å²) in [6.45, 7) is 15.6. The van der Waals surface area contributed by atoms with Crippen LogP contribution in [0.25, 0.3) is 21.9 Å². The molecule has 5 aromatic carbocycles. The third kappa shape index (κ3) is 4.34. The van der Waals surface area contributed by atoms with Crippen molar-refractivity contribution >= 4 is 40.4 Å². The molecule has 0 bridgehead atoms. The zero-order chi connectivity index (χ0) is 30.3. The average molecular weight is 566 g/mol. The zero-order valence-corrected chi connectivity index (χ0v) is 26.6. The monoisotopic (exact) mass is 565 g/mol. The van der Waals surface area contributed by atoms with E-state index in [2.05, 4.69) is 150 Å². The highest BCUT2D eigenvalue weighted by molar-refractivity contribution is 6.61. The Morgan fingerprint density at radius 1 is 0.605 bits per heavy atom.